The van der Waals surface area contributed by atoms with Gasteiger partial charge in [-0.1, -0.05) is 12.8 Å². The number of aliphatic carboxylic acids is 1. The summed E-state index contributed by atoms with van der Waals surface area (Å²) in [6, 6.07) is -1.03. The molecule has 0 radical (unpaired) electrons. The molecule has 0 bridgehead atoms. The molecule has 2 fully saturated rings. The molecule has 2 aliphatic rings. The van der Waals surface area contributed by atoms with Crippen molar-refractivity contribution in [2.24, 2.45) is 5.92 Å². The Hall–Kier alpha value is -1.30. The molecule has 1 aliphatic heterocycles. The zero-order chi connectivity index (χ0) is 14.5. The lowest BCUT2D eigenvalue weighted by molar-refractivity contribution is -0.139. The SMILES string of the molecule is O=C(O)[C@H](CCO)NC(=O)N1CCC[C@H]2CCCC[C@H]21. The first-order chi connectivity index (χ1) is 9.63. The normalized spacial score (nSPS) is 27.6. The van der Waals surface area contributed by atoms with Gasteiger partial charge in [-0.05, 0) is 31.6 Å². The van der Waals surface area contributed by atoms with E-state index in [1.54, 1.807) is 0 Å². The van der Waals surface area contributed by atoms with Crippen LogP contribution in [0.15, 0.2) is 0 Å². The minimum absolute atomic E-state index is 0.0447. The molecule has 3 atom stereocenters. The fraction of sp³-hybridized carbons (Fsp3) is 0.857. The van der Waals surface area contributed by atoms with E-state index in [2.05, 4.69) is 5.32 Å². The number of carbonyl (C=O) groups excluding carboxylic acids is 1. The van der Waals surface area contributed by atoms with E-state index >= 15 is 0 Å². The molecule has 0 aromatic heterocycles. The highest BCUT2D eigenvalue weighted by Crippen LogP contribution is 2.35. The van der Waals surface area contributed by atoms with Crippen LogP contribution in [-0.2, 0) is 4.79 Å². The summed E-state index contributed by atoms with van der Waals surface area (Å²) in [4.78, 5) is 25.2. The summed E-state index contributed by atoms with van der Waals surface area (Å²) in [6.45, 7) is 0.460. The van der Waals surface area contributed by atoms with Gasteiger partial charge in [0.25, 0.3) is 0 Å². The van der Waals surface area contributed by atoms with Crippen LogP contribution >= 0.6 is 0 Å². The molecule has 3 N–H and O–H groups in total. The molecule has 2 rings (SSSR count). The highest BCUT2D eigenvalue weighted by Gasteiger charge is 2.36. The molecular weight excluding hydrogens is 260 g/mol. The van der Waals surface area contributed by atoms with Gasteiger partial charge in [0.2, 0.25) is 0 Å². The number of hydrogen-bond donors (Lipinski definition) is 3. The number of nitrogens with zero attached hydrogens (tertiary/aromatic N) is 1. The van der Waals surface area contributed by atoms with Crippen molar-refractivity contribution in [3.05, 3.63) is 0 Å². The Balaban J connectivity index is 1.97. The molecule has 6 nitrogen and oxygen atoms in total. The second-order valence-corrected chi connectivity index (χ2v) is 5.80. The molecule has 0 unspecified atom stereocenters. The minimum atomic E-state index is -1.09. The van der Waals surface area contributed by atoms with Gasteiger partial charge in [-0.2, -0.15) is 0 Å². The second-order valence-electron chi connectivity index (χ2n) is 5.80. The molecule has 0 spiro atoms. The van der Waals surface area contributed by atoms with Crippen LogP contribution in [0.4, 0.5) is 4.79 Å². The van der Waals surface area contributed by atoms with Gasteiger partial charge in [-0.15, -0.1) is 0 Å². The highest BCUT2D eigenvalue weighted by molar-refractivity contribution is 5.82. The Bertz CT molecular complexity index is 359. The summed E-state index contributed by atoms with van der Waals surface area (Å²) >= 11 is 0. The molecule has 1 saturated heterocycles. The predicted octanol–water partition coefficient (Wildman–Crippen LogP) is 1.19. The van der Waals surface area contributed by atoms with Crippen molar-refractivity contribution in [1.82, 2.24) is 10.2 Å². The van der Waals surface area contributed by atoms with E-state index in [0.717, 1.165) is 19.3 Å². The lowest BCUT2D eigenvalue weighted by Crippen LogP contribution is -2.56. The lowest BCUT2D eigenvalue weighted by atomic mass is 9.78. The number of nitrogens with one attached hydrogen (secondary N) is 1. The van der Waals surface area contributed by atoms with Crippen molar-refractivity contribution in [3.63, 3.8) is 0 Å². The van der Waals surface area contributed by atoms with Crippen LogP contribution in [0, 0.1) is 5.92 Å². The molecule has 114 valence electrons. The summed E-state index contributed by atoms with van der Waals surface area (Å²) in [5, 5.41) is 20.5. The number of fused-ring (bicyclic) bond motifs is 1. The van der Waals surface area contributed by atoms with Crippen molar-refractivity contribution in [2.45, 2.75) is 57.0 Å². The monoisotopic (exact) mass is 284 g/mol. The average Bonchev–Trinajstić information content (AvgIpc) is 2.46. The van der Waals surface area contributed by atoms with E-state index < -0.39 is 12.0 Å². The number of carboxylic acid groups (broad SMARTS) is 1. The number of rotatable bonds is 4. The van der Waals surface area contributed by atoms with Crippen molar-refractivity contribution in [2.75, 3.05) is 13.2 Å². The van der Waals surface area contributed by atoms with Crippen LogP contribution in [0.5, 0.6) is 0 Å². The molecule has 0 aromatic rings. The van der Waals surface area contributed by atoms with E-state index in [9.17, 15) is 9.59 Å². The van der Waals surface area contributed by atoms with Crippen molar-refractivity contribution < 1.29 is 19.8 Å². The fourth-order valence-electron chi connectivity index (χ4n) is 3.50. The van der Waals surface area contributed by atoms with Crippen LogP contribution in [0.1, 0.15) is 44.9 Å². The summed E-state index contributed by atoms with van der Waals surface area (Å²) in [7, 11) is 0. The van der Waals surface area contributed by atoms with E-state index in [-0.39, 0.29) is 25.1 Å². The molecule has 1 heterocycles. The zero-order valence-electron chi connectivity index (χ0n) is 11.8. The van der Waals surface area contributed by atoms with Gasteiger partial charge in [0.05, 0.1) is 0 Å². The highest BCUT2D eigenvalue weighted by atomic mass is 16.4. The first-order valence-corrected chi connectivity index (χ1v) is 7.54. The summed E-state index contributed by atoms with van der Waals surface area (Å²) in [5.41, 5.74) is 0. The second kappa shape index (κ2) is 6.92. The van der Waals surface area contributed by atoms with Gasteiger partial charge < -0.3 is 20.4 Å². The topological polar surface area (TPSA) is 89.9 Å². The Morgan fingerprint density at radius 1 is 1.20 bits per heavy atom. The Morgan fingerprint density at radius 3 is 2.60 bits per heavy atom. The third-order valence-electron chi connectivity index (χ3n) is 4.52. The molecule has 2 amide bonds. The molecule has 6 heteroatoms. The Morgan fingerprint density at radius 2 is 1.90 bits per heavy atom. The minimum Gasteiger partial charge on any atom is -0.480 e. The number of likely N-dealkylation sites (tertiary alicyclic amines) is 1. The van der Waals surface area contributed by atoms with Gasteiger partial charge in [0, 0.05) is 25.6 Å². The predicted molar refractivity (Wildman–Crippen MR) is 73.3 cm³/mol. The number of carbonyl (C=O) groups is 2. The number of amides is 2. The van der Waals surface area contributed by atoms with E-state index in [0.29, 0.717) is 12.5 Å². The van der Waals surface area contributed by atoms with Crippen molar-refractivity contribution in [1.29, 1.82) is 0 Å². The van der Waals surface area contributed by atoms with Crippen LogP contribution in [0.2, 0.25) is 0 Å². The van der Waals surface area contributed by atoms with E-state index in [4.69, 9.17) is 10.2 Å². The largest absolute Gasteiger partial charge is 0.480 e. The number of aliphatic hydroxyl groups is 1. The third-order valence-corrected chi connectivity index (χ3v) is 4.52. The molecule has 1 aliphatic carbocycles. The standard InChI is InChI=1S/C14H24N2O4/c17-9-7-11(13(18)19)15-14(20)16-8-3-5-10-4-1-2-6-12(10)16/h10-12,17H,1-9H2,(H,15,20)(H,18,19)/t10-,11+,12-/m1/s1. The zero-order valence-corrected chi connectivity index (χ0v) is 11.8. The number of urea groups is 1. The fourth-order valence-corrected chi connectivity index (χ4v) is 3.50. The van der Waals surface area contributed by atoms with Crippen LogP contribution in [0.3, 0.4) is 0 Å². The first-order valence-electron chi connectivity index (χ1n) is 7.54. The van der Waals surface area contributed by atoms with Gasteiger partial charge in [-0.3, -0.25) is 0 Å². The molecule has 20 heavy (non-hydrogen) atoms. The number of carboxylic acids is 1. The molecular formula is C14H24N2O4. The Kier molecular flexibility index (Phi) is 5.23. The van der Waals surface area contributed by atoms with Gasteiger partial charge in [0.15, 0.2) is 0 Å². The Labute approximate surface area is 119 Å². The smallest absolute Gasteiger partial charge is 0.326 e. The molecule has 1 saturated carbocycles. The van der Waals surface area contributed by atoms with Crippen LogP contribution in [0.25, 0.3) is 0 Å². The van der Waals surface area contributed by atoms with E-state index in [1.807, 2.05) is 4.90 Å². The van der Waals surface area contributed by atoms with Gasteiger partial charge >= 0.3 is 12.0 Å². The number of aliphatic hydroxyl groups excluding tert-OH is 1. The van der Waals surface area contributed by atoms with Crippen LogP contribution in [-0.4, -0.2) is 52.3 Å². The quantitative estimate of drug-likeness (QED) is 0.723. The number of piperidine rings is 1. The van der Waals surface area contributed by atoms with Gasteiger partial charge in [-0.25, -0.2) is 9.59 Å². The number of hydrogen-bond acceptors (Lipinski definition) is 3. The summed E-state index contributed by atoms with van der Waals surface area (Å²) in [5.74, 6) is -0.519. The lowest BCUT2D eigenvalue weighted by Gasteiger charge is -2.44. The summed E-state index contributed by atoms with van der Waals surface area (Å²) in [6.07, 6.45) is 6.79. The van der Waals surface area contributed by atoms with Crippen molar-refractivity contribution >= 4 is 12.0 Å². The summed E-state index contributed by atoms with van der Waals surface area (Å²) < 4.78 is 0. The van der Waals surface area contributed by atoms with Crippen molar-refractivity contribution in [3.8, 4) is 0 Å². The van der Waals surface area contributed by atoms with Gasteiger partial charge in [0.1, 0.15) is 6.04 Å². The maximum Gasteiger partial charge on any atom is 0.326 e. The average molecular weight is 284 g/mol. The van der Waals surface area contributed by atoms with E-state index in [1.165, 1.54) is 19.3 Å². The third kappa shape index (κ3) is 3.42. The maximum atomic E-state index is 12.3. The molecule has 0 aromatic carbocycles. The maximum absolute atomic E-state index is 12.3. The first kappa shape index (κ1) is 15.1. The van der Waals surface area contributed by atoms with Crippen LogP contribution < -0.4 is 5.32 Å².